The fourth-order valence-electron chi connectivity index (χ4n) is 4.94. The second kappa shape index (κ2) is 10.9. The maximum atomic E-state index is 13.1. The zero-order chi connectivity index (χ0) is 27.7. The number of nitrogens with zero attached hydrogens (tertiary/aromatic N) is 3. The third kappa shape index (κ3) is 5.87. The maximum absolute atomic E-state index is 13.1. The predicted molar refractivity (Wildman–Crippen MR) is 152 cm³/mol. The second-order valence-corrected chi connectivity index (χ2v) is 11.4. The van der Waals surface area contributed by atoms with Gasteiger partial charge in [0.1, 0.15) is 5.60 Å². The molecule has 0 atom stereocenters. The van der Waals surface area contributed by atoms with Gasteiger partial charge in [-0.25, -0.2) is 9.78 Å². The molecular weight excluding hydrogens is 516 g/mol. The van der Waals surface area contributed by atoms with E-state index in [9.17, 15) is 9.90 Å². The zero-order valence-electron chi connectivity index (χ0n) is 22.6. The third-order valence-electron chi connectivity index (χ3n) is 6.88. The van der Waals surface area contributed by atoms with E-state index >= 15 is 0 Å². The lowest BCUT2D eigenvalue weighted by Gasteiger charge is -2.36. The molecule has 2 N–H and O–H groups in total. The Morgan fingerprint density at radius 1 is 1.10 bits per heavy atom. The van der Waals surface area contributed by atoms with E-state index in [4.69, 9.17) is 26.1 Å². The average Bonchev–Trinajstić information content (AvgIpc) is 3.36. The highest BCUT2D eigenvalue weighted by molar-refractivity contribution is 6.36. The van der Waals surface area contributed by atoms with E-state index in [1.165, 1.54) is 0 Å². The summed E-state index contributed by atoms with van der Waals surface area (Å²) in [4.78, 5) is 19.5. The van der Waals surface area contributed by atoms with E-state index in [-0.39, 0.29) is 18.6 Å². The highest BCUT2D eigenvalue weighted by Gasteiger charge is 2.32. The van der Waals surface area contributed by atoms with Crippen molar-refractivity contribution in [1.82, 2.24) is 20.1 Å². The topological polar surface area (TPSA) is 101 Å². The van der Waals surface area contributed by atoms with E-state index in [2.05, 4.69) is 10.2 Å². The Morgan fingerprint density at radius 2 is 1.82 bits per heavy atom. The van der Waals surface area contributed by atoms with Gasteiger partial charge in [-0.15, -0.1) is 0 Å². The molecule has 0 saturated heterocycles. The molecule has 0 aliphatic heterocycles. The van der Waals surface area contributed by atoms with Gasteiger partial charge in [0.05, 0.1) is 42.2 Å². The molecule has 0 radical (unpaired) electrons. The molecule has 4 aromatic rings. The van der Waals surface area contributed by atoms with Crippen LogP contribution in [-0.2, 0) is 11.3 Å². The largest absolute Gasteiger partial charge is 0.481 e. The number of para-hydroxylation sites is 1. The van der Waals surface area contributed by atoms with Gasteiger partial charge in [-0.2, -0.15) is 5.10 Å². The molecular formula is C30H33ClN4O4. The molecule has 1 saturated carbocycles. The Bertz CT molecular complexity index is 1490. The molecule has 1 aliphatic rings. The quantitative estimate of drug-likeness (QED) is 0.275. The van der Waals surface area contributed by atoms with E-state index in [1.54, 1.807) is 18.2 Å². The van der Waals surface area contributed by atoms with Crippen molar-refractivity contribution >= 4 is 28.6 Å². The van der Waals surface area contributed by atoms with E-state index in [1.807, 2.05) is 69.3 Å². The van der Waals surface area contributed by atoms with Crippen LogP contribution in [0.4, 0.5) is 4.79 Å². The summed E-state index contributed by atoms with van der Waals surface area (Å²) in [6.07, 6.45) is 2.43. The van der Waals surface area contributed by atoms with Crippen LogP contribution in [0.15, 0.2) is 54.7 Å². The summed E-state index contributed by atoms with van der Waals surface area (Å²) in [6, 6.07) is 15.6. The number of aromatic amines is 1. The first kappa shape index (κ1) is 27.0. The number of hydrogen-bond acceptors (Lipinski definition) is 6. The molecule has 1 fully saturated rings. The molecule has 0 bridgehead atoms. The van der Waals surface area contributed by atoms with Crippen LogP contribution >= 0.6 is 11.6 Å². The van der Waals surface area contributed by atoms with Crippen molar-refractivity contribution in [2.45, 2.75) is 51.9 Å². The minimum atomic E-state index is -0.622. The Morgan fingerprint density at radius 3 is 2.54 bits per heavy atom. The number of amides is 1. The summed E-state index contributed by atoms with van der Waals surface area (Å²) in [5.41, 5.74) is 4.29. The normalized spacial score (nSPS) is 17.1. The van der Waals surface area contributed by atoms with Crippen molar-refractivity contribution in [2.24, 2.45) is 5.92 Å². The average molecular weight is 549 g/mol. The van der Waals surface area contributed by atoms with Gasteiger partial charge >= 0.3 is 6.09 Å². The van der Waals surface area contributed by atoms with Crippen LogP contribution in [0.1, 0.15) is 39.2 Å². The number of pyridine rings is 1. The van der Waals surface area contributed by atoms with Crippen molar-refractivity contribution in [2.75, 3.05) is 13.7 Å². The van der Waals surface area contributed by atoms with Crippen molar-refractivity contribution in [3.05, 3.63) is 65.3 Å². The number of aromatic nitrogens is 3. The smallest absolute Gasteiger partial charge is 0.410 e. The minimum absolute atomic E-state index is 0.228. The van der Waals surface area contributed by atoms with Crippen molar-refractivity contribution < 1.29 is 19.4 Å². The highest BCUT2D eigenvalue weighted by Crippen LogP contribution is 2.39. The molecule has 2 heterocycles. The Labute approximate surface area is 232 Å². The Hall–Kier alpha value is -3.62. The van der Waals surface area contributed by atoms with E-state index in [0.717, 1.165) is 33.2 Å². The number of H-pyrrole nitrogens is 1. The summed E-state index contributed by atoms with van der Waals surface area (Å²) in [5, 5.41) is 18.5. The molecule has 1 aliphatic carbocycles. The van der Waals surface area contributed by atoms with Gasteiger partial charge in [0.2, 0.25) is 5.88 Å². The Balaban J connectivity index is 1.45. The van der Waals surface area contributed by atoms with Crippen molar-refractivity contribution in [3.8, 4) is 28.3 Å². The fraction of sp³-hybridized carbons (Fsp3) is 0.367. The number of hydrogen-bond donors (Lipinski definition) is 2. The van der Waals surface area contributed by atoms with Gasteiger partial charge in [-0.1, -0.05) is 48.0 Å². The second-order valence-electron chi connectivity index (χ2n) is 11.0. The molecule has 0 unspecified atom stereocenters. The van der Waals surface area contributed by atoms with Crippen LogP contribution in [0.25, 0.3) is 33.3 Å². The molecule has 1 amide bonds. The lowest BCUT2D eigenvalue weighted by molar-refractivity contribution is -0.00238. The third-order valence-corrected chi connectivity index (χ3v) is 7.28. The number of ether oxygens (including phenoxy) is 2. The maximum Gasteiger partial charge on any atom is 0.410 e. The number of aliphatic hydroxyl groups is 1. The SMILES string of the molecule is COc1nc(-c2cccc(-c3cccc4cn[nH]c34)c2Cl)ccc1CN(CC1CC(O)C1)C(=O)OC(C)(C)C. The number of benzene rings is 2. The van der Waals surface area contributed by atoms with E-state index in [0.29, 0.717) is 36.0 Å². The zero-order valence-corrected chi connectivity index (χ0v) is 23.3. The first-order valence-corrected chi connectivity index (χ1v) is 13.4. The molecule has 5 rings (SSSR count). The fourth-order valence-corrected chi connectivity index (χ4v) is 5.27. The summed E-state index contributed by atoms with van der Waals surface area (Å²) in [5.74, 6) is 0.637. The monoisotopic (exact) mass is 548 g/mol. The van der Waals surface area contributed by atoms with Crippen molar-refractivity contribution in [1.29, 1.82) is 0 Å². The summed E-state index contributed by atoms with van der Waals surface area (Å²) < 4.78 is 11.3. The minimum Gasteiger partial charge on any atom is -0.481 e. The predicted octanol–water partition coefficient (Wildman–Crippen LogP) is 6.46. The lowest BCUT2D eigenvalue weighted by atomic mass is 9.82. The molecule has 204 valence electrons. The Kier molecular flexibility index (Phi) is 7.51. The van der Waals surface area contributed by atoms with Crippen LogP contribution in [0.3, 0.4) is 0 Å². The molecule has 39 heavy (non-hydrogen) atoms. The summed E-state index contributed by atoms with van der Waals surface area (Å²) in [6.45, 7) is 6.30. The number of aliphatic hydroxyl groups excluding tert-OH is 1. The van der Waals surface area contributed by atoms with Gasteiger partial charge in [-0.3, -0.25) is 5.10 Å². The molecule has 9 heteroatoms. The van der Waals surface area contributed by atoms with Crippen LogP contribution in [0.2, 0.25) is 5.02 Å². The number of carbonyl (C=O) groups excluding carboxylic acids is 1. The van der Waals surface area contributed by atoms with Gasteiger partial charge in [0, 0.05) is 34.2 Å². The highest BCUT2D eigenvalue weighted by atomic mass is 35.5. The van der Waals surface area contributed by atoms with Gasteiger partial charge in [0.15, 0.2) is 0 Å². The lowest BCUT2D eigenvalue weighted by Crippen LogP contribution is -2.43. The molecule has 2 aromatic carbocycles. The van der Waals surface area contributed by atoms with Crippen LogP contribution in [0.5, 0.6) is 5.88 Å². The van der Waals surface area contributed by atoms with E-state index < -0.39 is 11.7 Å². The number of methoxy groups -OCH3 is 1. The summed E-state index contributed by atoms with van der Waals surface area (Å²) in [7, 11) is 1.56. The van der Waals surface area contributed by atoms with Gasteiger partial charge < -0.3 is 19.5 Å². The standard InChI is InChI=1S/C30H33ClN4O4/c1-30(2,3)39-29(37)35(16-18-13-21(36)14-18)17-20-11-12-25(33-28(20)38-4)24-10-6-8-22(26(24)31)23-9-5-7-19-15-32-34-27(19)23/h5-12,15,18,21,36H,13-14,16-17H2,1-4H3,(H,32,34). The summed E-state index contributed by atoms with van der Waals surface area (Å²) >= 11 is 6.95. The number of fused-ring (bicyclic) bond motifs is 1. The molecule has 0 spiro atoms. The van der Waals surface area contributed by atoms with Crippen LogP contribution in [0, 0.1) is 5.92 Å². The van der Waals surface area contributed by atoms with Gasteiger partial charge in [-0.05, 0) is 51.7 Å². The number of rotatable bonds is 7. The van der Waals surface area contributed by atoms with Crippen molar-refractivity contribution in [3.63, 3.8) is 0 Å². The first-order valence-electron chi connectivity index (χ1n) is 13.0. The number of carbonyl (C=O) groups is 1. The van der Waals surface area contributed by atoms with Crippen LogP contribution < -0.4 is 4.74 Å². The molecule has 8 nitrogen and oxygen atoms in total. The van der Waals surface area contributed by atoms with Crippen LogP contribution in [-0.4, -0.2) is 56.6 Å². The molecule has 2 aromatic heterocycles. The number of nitrogens with one attached hydrogen (secondary N) is 1. The van der Waals surface area contributed by atoms with Gasteiger partial charge in [0.25, 0.3) is 0 Å². The first-order chi connectivity index (χ1) is 18.6. The number of halogens is 1.